The lowest BCUT2D eigenvalue weighted by Crippen LogP contribution is -2.56. The number of aliphatic carboxylic acids is 1. The van der Waals surface area contributed by atoms with Gasteiger partial charge in [0.05, 0.1) is 13.2 Å². The summed E-state index contributed by atoms with van der Waals surface area (Å²) in [6.07, 6.45) is 8.40. The van der Waals surface area contributed by atoms with Crippen molar-refractivity contribution in [3.8, 4) is 11.5 Å². The van der Waals surface area contributed by atoms with Crippen LogP contribution in [-0.4, -0.2) is 84.8 Å². The molecule has 2 fully saturated rings. The molecule has 260 valence electrons. The number of carbonyl (C=O) groups excluding carboxylic acids is 3. The second-order valence-corrected chi connectivity index (χ2v) is 13.6. The number of amides is 3. The van der Waals surface area contributed by atoms with E-state index in [2.05, 4.69) is 21.7 Å². The summed E-state index contributed by atoms with van der Waals surface area (Å²) in [6.45, 7) is 0.862. The van der Waals surface area contributed by atoms with Crippen LogP contribution < -0.4 is 31.6 Å². The minimum atomic E-state index is -1.30. The second-order valence-electron chi connectivity index (χ2n) is 13.6. The molecule has 2 heterocycles. The first kappa shape index (κ1) is 33.4. The molecule has 0 radical (unpaired) electrons. The predicted molar refractivity (Wildman–Crippen MR) is 174 cm³/mol. The lowest BCUT2D eigenvalue weighted by atomic mass is 9.49. The summed E-state index contributed by atoms with van der Waals surface area (Å²) in [5.41, 5.74) is 13.1. The van der Waals surface area contributed by atoms with Crippen LogP contribution in [0.25, 0.3) is 0 Å². The normalized spacial score (nSPS) is 26.9. The zero-order chi connectivity index (χ0) is 34.0. The molecular formula is C34H46N6O8. The van der Waals surface area contributed by atoms with E-state index in [1.54, 1.807) is 12.0 Å². The Morgan fingerprint density at radius 2 is 2.02 bits per heavy atom. The number of hydrogen-bond acceptors (Lipinski definition) is 8. The molecule has 14 nitrogen and oxygen atoms in total. The second kappa shape index (κ2) is 13.9. The molecule has 7 N–H and O–H groups in total. The lowest BCUT2D eigenvalue weighted by Gasteiger charge is -2.53. The van der Waals surface area contributed by atoms with E-state index in [0.717, 1.165) is 44.3 Å². The number of methoxy groups -OCH3 is 1. The molecule has 1 saturated carbocycles. The van der Waals surface area contributed by atoms with Gasteiger partial charge in [0.15, 0.2) is 23.6 Å². The fourth-order valence-corrected chi connectivity index (χ4v) is 8.81. The molecule has 2 bridgehead atoms. The number of carboxylic acids is 1. The van der Waals surface area contributed by atoms with E-state index >= 15 is 0 Å². The molecule has 1 saturated heterocycles. The number of aliphatic imine (C=N–C) groups is 1. The summed E-state index contributed by atoms with van der Waals surface area (Å²) in [4.78, 5) is 55.9. The van der Waals surface area contributed by atoms with Crippen molar-refractivity contribution in [2.24, 2.45) is 28.3 Å². The van der Waals surface area contributed by atoms with Gasteiger partial charge in [0.2, 0.25) is 11.8 Å². The minimum Gasteiger partial charge on any atom is -0.493 e. The number of carboxylic acid groups (broad SMARTS) is 1. The van der Waals surface area contributed by atoms with Gasteiger partial charge < -0.3 is 46.3 Å². The average molecular weight is 667 g/mol. The van der Waals surface area contributed by atoms with Gasteiger partial charge in [-0.1, -0.05) is 12.5 Å². The highest BCUT2D eigenvalue weighted by Gasteiger charge is 2.63. The number of guanidine groups is 1. The van der Waals surface area contributed by atoms with E-state index in [0.29, 0.717) is 42.7 Å². The molecule has 48 heavy (non-hydrogen) atoms. The maximum absolute atomic E-state index is 13.9. The van der Waals surface area contributed by atoms with E-state index in [9.17, 15) is 19.2 Å². The third kappa shape index (κ3) is 6.36. The molecule has 0 unspecified atom stereocenters. The lowest BCUT2D eigenvalue weighted by molar-refractivity contribution is -0.141. The standard InChI is InChI=1S/C34H46N6O8/c1-46-24-11-9-20-16-19-6-4-13-34-22(19)10-12-25(30(34)48-29(24)28(20)34)47-33(45)40-15-3-2-7-21(40)18-38-31(44)23(8-5-14-37-32(35)36)39-26(41)17-27(42)43/h9,11-12,19,21-23,30H,2-8,10,13-18H2,1H3,(H,38,44)(H,39,41)(H,42,43)(H4,35,36,37)/t19-,21-,22+,23+,30+,34+/m1/s1. The third-order valence-corrected chi connectivity index (χ3v) is 10.8. The van der Waals surface area contributed by atoms with Crippen molar-refractivity contribution >= 4 is 29.8 Å². The van der Waals surface area contributed by atoms with Gasteiger partial charge >= 0.3 is 12.1 Å². The first-order valence-corrected chi connectivity index (χ1v) is 17.0. The number of piperidine rings is 1. The molecule has 0 aromatic heterocycles. The first-order chi connectivity index (χ1) is 23.1. The Bertz CT molecular complexity index is 1510. The number of nitrogens with one attached hydrogen (secondary N) is 2. The van der Waals surface area contributed by atoms with Crippen molar-refractivity contribution in [2.75, 3.05) is 26.7 Å². The number of rotatable bonds is 12. The summed E-state index contributed by atoms with van der Waals surface area (Å²) in [7, 11) is 1.65. The maximum Gasteiger partial charge on any atom is 0.415 e. The zero-order valence-corrected chi connectivity index (χ0v) is 27.4. The Morgan fingerprint density at radius 1 is 1.19 bits per heavy atom. The van der Waals surface area contributed by atoms with E-state index in [4.69, 9.17) is 30.8 Å². The van der Waals surface area contributed by atoms with Crippen LogP contribution in [0.15, 0.2) is 29.0 Å². The smallest absolute Gasteiger partial charge is 0.415 e. The SMILES string of the molecule is COc1ccc2c3c1O[C@H]1C(OC(=O)N4CCCC[C@@H]4CNC(=O)[C@H](CCCN=C(N)N)NC(=O)CC(=O)O)=CC[C@H]4[C@H](CCC[C@]314)C2. The fraction of sp³-hybridized carbons (Fsp3) is 0.618. The average Bonchev–Trinajstić information content (AvgIpc) is 3.40. The highest BCUT2D eigenvalue weighted by atomic mass is 16.6. The van der Waals surface area contributed by atoms with Crippen molar-refractivity contribution in [3.63, 3.8) is 0 Å². The fourth-order valence-electron chi connectivity index (χ4n) is 8.81. The highest BCUT2D eigenvalue weighted by molar-refractivity contribution is 5.96. The van der Waals surface area contributed by atoms with Gasteiger partial charge in [-0.05, 0) is 87.3 Å². The Morgan fingerprint density at radius 3 is 2.79 bits per heavy atom. The quantitative estimate of drug-likeness (QED) is 0.0950. The van der Waals surface area contributed by atoms with E-state index in [1.807, 2.05) is 12.1 Å². The van der Waals surface area contributed by atoms with Gasteiger partial charge in [0.1, 0.15) is 18.2 Å². The topological polar surface area (TPSA) is 208 Å². The van der Waals surface area contributed by atoms with Gasteiger partial charge in [-0.25, -0.2) is 4.79 Å². The van der Waals surface area contributed by atoms with Crippen molar-refractivity contribution in [1.29, 1.82) is 0 Å². The minimum absolute atomic E-state index is 0.0890. The predicted octanol–water partition coefficient (Wildman–Crippen LogP) is 2.07. The van der Waals surface area contributed by atoms with Crippen LogP contribution in [-0.2, 0) is 31.0 Å². The van der Waals surface area contributed by atoms with Crippen LogP contribution in [0.5, 0.6) is 11.5 Å². The van der Waals surface area contributed by atoms with Crippen LogP contribution in [0.4, 0.5) is 4.79 Å². The van der Waals surface area contributed by atoms with Crippen LogP contribution >= 0.6 is 0 Å². The van der Waals surface area contributed by atoms with Crippen LogP contribution in [0.3, 0.4) is 0 Å². The van der Waals surface area contributed by atoms with Gasteiger partial charge in [0, 0.05) is 30.6 Å². The molecule has 3 aliphatic carbocycles. The molecular weight excluding hydrogens is 620 g/mol. The van der Waals surface area contributed by atoms with Gasteiger partial charge in [-0.2, -0.15) is 0 Å². The molecule has 1 spiro atoms. The van der Waals surface area contributed by atoms with Gasteiger partial charge in [-0.15, -0.1) is 0 Å². The van der Waals surface area contributed by atoms with Crippen molar-refractivity contribution < 1.29 is 38.5 Å². The first-order valence-electron chi connectivity index (χ1n) is 17.0. The molecule has 2 aliphatic heterocycles. The van der Waals surface area contributed by atoms with Crippen LogP contribution in [0, 0.1) is 11.8 Å². The largest absolute Gasteiger partial charge is 0.493 e. The number of likely N-dealkylation sites (tertiary alicyclic amines) is 1. The summed E-state index contributed by atoms with van der Waals surface area (Å²) in [5.74, 6) is 0.340. The van der Waals surface area contributed by atoms with E-state index in [1.165, 1.54) is 17.5 Å². The molecule has 14 heteroatoms. The van der Waals surface area contributed by atoms with Gasteiger partial charge in [0.25, 0.3) is 0 Å². The number of allylic oxidation sites excluding steroid dienone is 1. The summed E-state index contributed by atoms with van der Waals surface area (Å²) < 4.78 is 18.6. The number of benzene rings is 1. The Kier molecular flexibility index (Phi) is 9.70. The highest BCUT2D eigenvalue weighted by Crippen LogP contribution is 2.65. The Hall–Kier alpha value is -4.49. The van der Waals surface area contributed by atoms with Crippen molar-refractivity contribution in [3.05, 3.63) is 35.1 Å². The van der Waals surface area contributed by atoms with Gasteiger partial charge in [-0.3, -0.25) is 19.4 Å². The number of carbonyl (C=O) groups is 4. The number of hydrogen-bond donors (Lipinski definition) is 5. The third-order valence-electron chi connectivity index (χ3n) is 10.8. The molecule has 1 aromatic rings. The number of ether oxygens (including phenoxy) is 3. The Labute approximate surface area is 279 Å². The molecule has 1 aromatic carbocycles. The number of nitrogens with two attached hydrogens (primary N) is 2. The molecule has 6 rings (SSSR count). The molecule has 6 atom stereocenters. The molecule has 5 aliphatic rings. The van der Waals surface area contributed by atoms with Crippen LogP contribution in [0.1, 0.15) is 75.3 Å². The Balaban J connectivity index is 1.14. The summed E-state index contributed by atoms with van der Waals surface area (Å²) in [6, 6.07) is 2.83. The van der Waals surface area contributed by atoms with Crippen molar-refractivity contribution in [2.45, 2.75) is 94.2 Å². The van der Waals surface area contributed by atoms with E-state index in [-0.39, 0.29) is 36.9 Å². The monoisotopic (exact) mass is 666 g/mol. The van der Waals surface area contributed by atoms with Crippen molar-refractivity contribution in [1.82, 2.24) is 15.5 Å². The summed E-state index contributed by atoms with van der Waals surface area (Å²) in [5, 5.41) is 14.4. The summed E-state index contributed by atoms with van der Waals surface area (Å²) >= 11 is 0. The number of nitrogens with zero attached hydrogens (tertiary/aromatic N) is 2. The van der Waals surface area contributed by atoms with E-state index < -0.39 is 42.4 Å². The maximum atomic E-state index is 13.9. The molecule has 3 amide bonds. The van der Waals surface area contributed by atoms with Crippen LogP contribution in [0.2, 0.25) is 0 Å². The zero-order valence-electron chi connectivity index (χ0n) is 27.4.